The van der Waals surface area contributed by atoms with Crippen LogP contribution in [0.5, 0.6) is 0 Å². The molecule has 11 heteroatoms. The first-order chi connectivity index (χ1) is 34.7. The van der Waals surface area contributed by atoms with Gasteiger partial charge in [-0.05, 0) is 70.6 Å². The summed E-state index contributed by atoms with van der Waals surface area (Å²) in [5.41, 5.74) is 0. The molecule has 0 radical (unpaired) electrons. The van der Waals surface area contributed by atoms with E-state index < -0.39 is 67.4 Å². The number of hydrogen-bond acceptors (Lipinski definition) is 10. The Kier molecular flexibility index (Phi) is 44.0. The lowest BCUT2D eigenvalue weighted by Crippen LogP contribution is -2.61. The molecule has 6 N–H and O–H groups in total. The summed E-state index contributed by atoms with van der Waals surface area (Å²) < 4.78 is 17.5. The van der Waals surface area contributed by atoms with Gasteiger partial charge in [0.2, 0.25) is 5.91 Å². The quantitative estimate of drug-likeness (QED) is 0.0149. The summed E-state index contributed by atoms with van der Waals surface area (Å²) in [4.78, 5) is 26.4. The van der Waals surface area contributed by atoms with Crippen molar-refractivity contribution in [1.82, 2.24) is 5.32 Å². The first-order valence-corrected chi connectivity index (χ1v) is 28.1. The predicted molar refractivity (Wildman–Crippen MR) is 292 cm³/mol. The molecule has 8 atom stereocenters. The van der Waals surface area contributed by atoms with E-state index >= 15 is 0 Å². The van der Waals surface area contributed by atoms with Gasteiger partial charge < -0.3 is 45.1 Å². The lowest BCUT2D eigenvalue weighted by molar-refractivity contribution is -0.305. The fourth-order valence-corrected chi connectivity index (χ4v) is 8.13. The Hall–Kier alpha value is -3.42. The van der Waals surface area contributed by atoms with E-state index in [2.05, 4.69) is 56.5 Å². The highest BCUT2D eigenvalue weighted by molar-refractivity contribution is 5.80. The number of hydrogen-bond donors (Lipinski definition) is 6. The Bertz CT molecular complexity index is 1520. The largest absolute Gasteiger partial charge is 0.454 e. The van der Waals surface area contributed by atoms with Gasteiger partial charge in [-0.15, -0.1) is 0 Å². The molecule has 0 aromatic carbocycles. The van der Waals surface area contributed by atoms with Crippen molar-refractivity contribution in [2.45, 2.75) is 256 Å². The lowest BCUT2D eigenvalue weighted by atomic mass is 9.99. The van der Waals surface area contributed by atoms with Gasteiger partial charge in [0.25, 0.3) is 0 Å². The first kappa shape index (κ1) is 65.6. The molecule has 1 fully saturated rings. The van der Waals surface area contributed by atoms with Gasteiger partial charge in [-0.2, -0.15) is 0 Å². The molecule has 11 nitrogen and oxygen atoms in total. The zero-order valence-electron chi connectivity index (χ0n) is 44.6. The highest BCUT2D eigenvalue weighted by atomic mass is 16.7. The summed E-state index contributed by atoms with van der Waals surface area (Å²) in [6, 6.07) is -1.05. The van der Waals surface area contributed by atoms with Gasteiger partial charge in [0, 0.05) is 6.42 Å². The van der Waals surface area contributed by atoms with Crippen LogP contribution in [0.4, 0.5) is 0 Å². The van der Waals surface area contributed by atoms with Gasteiger partial charge in [-0.3, -0.25) is 9.59 Å². The molecule has 71 heavy (non-hydrogen) atoms. The van der Waals surface area contributed by atoms with Crippen molar-refractivity contribution < 1.29 is 49.3 Å². The van der Waals surface area contributed by atoms with Crippen molar-refractivity contribution in [3.05, 3.63) is 97.2 Å². The molecule has 1 amide bonds. The summed E-state index contributed by atoms with van der Waals surface area (Å²) >= 11 is 0. The van der Waals surface area contributed by atoms with E-state index in [0.29, 0.717) is 12.8 Å². The van der Waals surface area contributed by atoms with E-state index in [1.165, 1.54) is 70.6 Å². The minimum absolute atomic E-state index is 0.0998. The number of aliphatic hydroxyl groups is 5. The minimum atomic E-state index is -1.63. The SMILES string of the molecule is CC/C=C/C=C/C=C\C=C/C=C/CCCCC(O)C(=O)NC(COC1OC(CO)C(O)C(O)C1OC(=O)CCCCCCCC/C=C/C=C/CCCCC)C(O)/C=C/CCCCCCCCCCCCC. The second-order valence-electron chi connectivity index (χ2n) is 19.1. The maximum absolute atomic E-state index is 13.3. The number of rotatable bonds is 45. The highest BCUT2D eigenvalue weighted by Crippen LogP contribution is 2.26. The summed E-state index contributed by atoms with van der Waals surface area (Å²) in [6.07, 6.45) is 51.6. The molecule has 0 aromatic rings. The molecule has 1 saturated heterocycles. The third kappa shape index (κ3) is 36.2. The molecule has 8 unspecified atom stereocenters. The van der Waals surface area contributed by atoms with Gasteiger partial charge in [0.05, 0.1) is 25.4 Å². The average Bonchev–Trinajstić information content (AvgIpc) is 3.37. The summed E-state index contributed by atoms with van der Waals surface area (Å²) in [5.74, 6) is -1.26. The van der Waals surface area contributed by atoms with Crippen LogP contribution in [0.2, 0.25) is 0 Å². The molecule has 0 spiro atoms. The van der Waals surface area contributed by atoms with E-state index in [0.717, 1.165) is 89.9 Å². The Balaban J connectivity index is 2.81. The normalized spacial score (nSPS) is 20.4. The van der Waals surface area contributed by atoms with E-state index in [-0.39, 0.29) is 19.4 Å². The number of aliphatic hydroxyl groups excluding tert-OH is 5. The molecule has 0 saturated carbocycles. The Morgan fingerprint density at radius 3 is 1.56 bits per heavy atom. The zero-order chi connectivity index (χ0) is 51.8. The van der Waals surface area contributed by atoms with Crippen molar-refractivity contribution in [2.24, 2.45) is 0 Å². The molecule has 0 aliphatic carbocycles. The average molecular weight is 996 g/mol. The number of nitrogens with one attached hydrogen (secondary N) is 1. The van der Waals surface area contributed by atoms with Crippen LogP contribution in [0.3, 0.4) is 0 Å². The van der Waals surface area contributed by atoms with E-state index in [1.54, 1.807) is 6.08 Å². The van der Waals surface area contributed by atoms with Crippen LogP contribution in [0, 0.1) is 0 Å². The molecule has 1 aliphatic rings. The number of carbonyl (C=O) groups excluding carboxylic acids is 2. The van der Waals surface area contributed by atoms with Crippen molar-refractivity contribution in [1.29, 1.82) is 0 Å². The summed E-state index contributed by atoms with van der Waals surface area (Å²) in [6.45, 7) is 5.55. The number of amides is 1. The van der Waals surface area contributed by atoms with Gasteiger partial charge in [0.15, 0.2) is 12.4 Å². The second-order valence-corrected chi connectivity index (χ2v) is 19.1. The van der Waals surface area contributed by atoms with Gasteiger partial charge in [0.1, 0.15) is 24.4 Å². The fourth-order valence-electron chi connectivity index (χ4n) is 8.13. The predicted octanol–water partition coefficient (Wildman–Crippen LogP) is 12.4. The monoisotopic (exact) mass is 996 g/mol. The Morgan fingerprint density at radius 1 is 0.563 bits per heavy atom. The molecular formula is C60H101NO10. The van der Waals surface area contributed by atoms with Crippen molar-refractivity contribution in [2.75, 3.05) is 13.2 Å². The van der Waals surface area contributed by atoms with E-state index in [4.69, 9.17) is 14.2 Å². The molecule has 0 aromatic heterocycles. The molecule has 1 aliphatic heterocycles. The van der Waals surface area contributed by atoms with Crippen LogP contribution in [0.25, 0.3) is 0 Å². The summed E-state index contributed by atoms with van der Waals surface area (Å²) in [7, 11) is 0. The molecule has 1 rings (SSSR count). The van der Waals surface area contributed by atoms with Crippen molar-refractivity contribution in [3.8, 4) is 0 Å². The molecule has 406 valence electrons. The number of unbranched alkanes of at least 4 members (excludes halogenated alkanes) is 22. The molecule has 1 heterocycles. The number of esters is 1. The van der Waals surface area contributed by atoms with Crippen LogP contribution < -0.4 is 5.32 Å². The minimum Gasteiger partial charge on any atom is -0.454 e. The van der Waals surface area contributed by atoms with Crippen LogP contribution in [-0.2, 0) is 23.8 Å². The van der Waals surface area contributed by atoms with Gasteiger partial charge in [-0.1, -0.05) is 227 Å². The van der Waals surface area contributed by atoms with Crippen LogP contribution in [0.1, 0.15) is 207 Å². The van der Waals surface area contributed by atoms with E-state index in [9.17, 15) is 35.1 Å². The highest BCUT2D eigenvalue weighted by Gasteiger charge is 2.47. The van der Waals surface area contributed by atoms with Crippen molar-refractivity contribution >= 4 is 11.9 Å². The van der Waals surface area contributed by atoms with Gasteiger partial charge in [-0.25, -0.2) is 0 Å². The number of carbonyl (C=O) groups is 2. The smallest absolute Gasteiger partial charge is 0.306 e. The van der Waals surface area contributed by atoms with Crippen LogP contribution in [-0.4, -0.2) is 99.6 Å². The second kappa shape index (κ2) is 47.6. The Labute approximate surface area is 431 Å². The molecule has 0 bridgehead atoms. The van der Waals surface area contributed by atoms with Crippen molar-refractivity contribution in [3.63, 3.8) is 0 Å². The zero-order valence-corrected chi connectivity index (χ0v) is 44.6. The van der Waals surface area contributed by atoms with Gasteiger partial charge >= 0.3 is 5.97 Å². The number of ether oxygens (including phenoxy) is 3. The van der Waals surface area contributed by atoms with Crippen LogP contribution in [0.15, 0.2) is 97.2 Å². The standard InChI is InChI=1S/C60H101NO10/c1-4-7-10-13-16-19-22-25-27-30-33-36-39-42-45-48-55(65)71-58-57(67)56(66)54(49-62)70-60(58)69-50-51(52(63)46-43-40-37-34-31-28-24-21-18-15-12-9-6-3)61-59(68)53(64)47-44-41-38-35-32-29-26-23-20-17-14-11-8-5-2/h8,11,14,16-17,19-20,22-23,25-26,29,32,35,43,46,51-54,56-58,60,62-64,66-67H,4-7,9-10,12-13,15,18,21,24,27-28,30-31,33-34,36-42,44-45,47-50H2,1-3H3,(H,61,68)/b11-8+,17-14+,19-16+,23-20-,25-22+,29-26-,35-32+,46-43+. The van der Waals surface area contributed by atoms with E-state index in [1.807, 2.05) is 60.8 Å². The maximum atomic E-state index is 13.3. The third-order valence-corrected chi connectivity index (χ3v) is 12.6. The summed E-state index contributed by atoms with van der Waals surface area (Å²) in [5, 5.41) is 56.7. The maximum Gasteiger partial charge on any atom is 0.306 e. The molecular weight excluding hydrogens is 895 g/mol. The third-order valence-electron chi connectivity index (χ3n) is 12.6. The number of allylic oxidation sites excluding steroid dienone is 15. The lowest BCUT2D eigenvalue weighted by Gasteiger charge is -2.41. The van der Waals surface area contributed by atoms with Crippen LogP contribution >= 0.6 is 0 Å². The fraction of sp³-hybridized carbons (Fsp3) is 0.700. The topological polar surface area (TPSA) is 175 Å². The first-order valence-electron chi connectivity index (χ1n) is 28.1. The Morgan fingerprint density at radius 2 is 1.01 bits per heavy atom.